The molecule has 2 aromatic heterocycles. The Kier molecular flexibility index (Phi) is 6.58. The molecule has 0 saturated carbocycles. The molecule has 3 N–H and O–H groups in total. The number of carbonyl (C=O) groups excluding carboxylic acids is 2. The van der Waals surface area contributed by atoms with Crippen LogP contribution in [0.2, 0.25) is 5.02 Å². The number of amides is 2. The Morgan fingerprint density at radius 1 is 1.14 bits per heavy atom. The van der Waals surface area contributed by atoms with Gasteiger partial charge in [-0.15, -0.1) is 0 Å². The first-order valence-electron chi connectivity index (χ1n) is 11.6. The first-order chi connectivity index (χ1) is 17.8. The molecule has 11 heteroatoms. The smallest absolute Gasteiger partial charge is 0.274 e. The van der Waals surface area contributed by atoms with Crippen LogP contribution in [-0.4, -0.2) is 55.6 Å². The molecule has 0 bridgehead atoms. The SMILES string of the molecule is Cn1cc(-c2cnc(N)c(C(=O)N[C@@H]3CCN(C(=O)c4ccc(-c5ccc(F)cc5Cl)cc4)C3)n2)cn1. The number of aryl methyl sites for hydroxylation is 1. The predicted molar refractivity (Wildman–Crippen MR) is 137 cm³/mol. The lowest BCUT2D eigenvalue weighted by Gasteiger charge is -2.18. The minimum absolute atomic E-state index is 0.0254. The fourth-order valence-electron chi connectivity index (χ4n) is 4.27. The number of hydrogen-bond donors (Lipinski definition) is 2. The zero-order valence-electron chi connectivity index (χ0n) is 19.9. The van der Waals surface area contributed by atoms with Crippen LogP contribution in [-0.2, 0) is 7.05 Å². The molecule has 3 heterocycles. The maximum atomic E-state index is 13.3. The van der Waals surface area contributed by atoms with Crippen LogP contribution in [0.25, 0.3) is 22.4 Å². The van der Waals surface area contributed by atoms with Gasteiger partial charge in [-0.3, -0.25) is 14.3 Å². The second kappa shape index (κ2) is 9.98. The molecule has 37 heavy (non-hydrogen) atoms. The summed E-state index contributed by atoms with van der Waals surface area (Å²) in [5.41, 5.74) is 9.12. The Bertz CT molecular complexity index is 1490. The van der Waals surface area contributed by atoms with E-state index in [0.717, 1.165) is 11.1 Å². The van der Waals surface area contributed by atoms with Crippen LogP contribution in [0.3, 0.4) is 0 Å². The van der Waals surface area contributed by atoms with Gasteiger partial charge in [0.25, 0.3) is 11.8 Å². The fraction of sp³-hybridized carbons (Fsp3) is 0.192. The lowest BCUT2D eigenvalue weighted by atomic mass is 10.0. The lowest BCUT2D eigenvalue weighted by molar-refractivity contribution is 0.0783. The molecule has 4 aromatic rings. The summed E-state index contributed by atoms with van der Waals surface area (Å²) in [6, 6.07) is 10.9. The van der Waals surface area contributed by atoms with E-state index < -0.39 is 11.7 Å². The number of nitrogens with zero attached hydrogens (tertiary/aromatic N) is 5. The highest BCUT2D eigenvalue weighted by Gasteiger charge is 2.29. The zero-order chi connectivity index (χ0) is 26.1. The molecule has 0 unspecified atom stereocenters. The highest BCUT2D eigenvalue weighted by molar-refractivity contribution is 6.33. The molecular weight excluding hydrogens is 497 g/mol. The number of nitrogens with two attached hydrogens (primary N) is 1. The lowest BCUT2D eigenvalue weighted by Crippen LogP contribution is -2.39. The number of benzene rings is 2. The average Bonchev–Trinajstić information content (AvgIpc) is 3.53. The van der Waals surface area contributed by atoms with Crippen LogP contribution in [0.1, 0.15) is 27.3 Å². The summed E-state index contributed by atoms with van der Waals surface area (Å²) in [5.74, 6) is -0.980. The van der Waals surface area contributed by atoms with Crippen LogP contribution in [0.15, 0.2) is 61.1 Å². The predicted octanol–water partition coefficient (Wildman–Crippen LogP) is 3.56. The van der Waals surface area contributed by atoms with E-state index >= 15 is 0 Å². The van der Waals surface area contributed by atoms with E-state index in [9.17, 15) is 14.0 Å². The summed E-state index contributed by atoms with van der Waals surface area (Å²) in [6.45, 7) is 0.845. The largest absolute Gasteiger partial charge is 0.382 e. The zero-order valence-corrected chi connectivity index (χ0v) is 20.6. The van der Waals surface area contributed by atoms with Crippen LogP contribution in [0.4, 0.5) is 10.2 Å². The third-order valence-corrected chi connectivity index (χ3v) is 6.51. The first-order valence-corrected chi connectivity index (χ1v) is 11.9. The molecule has 0 radical (unpaired) electrons. The van der Waals surface area contributed by atoms with Crippen molar-refractivity contribution in [3.8, 4) is 22.4 Å². The van der Waals surface area contributed by atoms with Gasteiger partial charge in [0, 0.05) is 49.1 Å². The number of anilines is 1. The molecule has 5 rings (SSSR count). The van der Waals surface area contributed by atoms with Gasteiger partial charge in [-0.1, -0.05) is 23.7 Å². The number of halogens is 2. The second-order valence-electron chi connectivity index (χ2n) is 8.80. The number of hydrogen-bond acceptors (Lipinski definition) is 6. The van der Waals surface area contributed by atoms with Crippen molar-refractivity contribution in [1.29, 1.82) is 0 Å². The molecule has 0 spiro atoms. The Balaban J connectivity index is 1.23. The van der Waals surface area contributed by atoms with Crippen molar-refractivity contribution >= 4 is 29.2 Å². The summed E-state index contributed by atoms with van der Waals surface area (Å²) in [4.78, 5) is 36.2. The number of likely N-dealkylation sites (tertiary alicyclic amines) is 1. The third kappa shape index (κ3) is 5.14. The Morgan fingerprint density at radius 3 is 2.62 bits per heavy atom. The Hall–Kier alpha value is -4.31. The summed E-state index contributed by atoms with van der Waals surface area (Å²) >= 11 is 6.15. The molecule has 9 nitrogen and oxygen atoms in total. The van der Waals surface area contributed by atoms with E-state index in [0.29, 0.717) is 41.4 Å². The van der Waals surface area contributed by atoms with Crippen molar-refractivity contribution in [2.45, 2.75) is 12.5 Å². The van der Waals surface area contributed by atoms with Crippen LogP contribution >= 0.6 is 11.6 Å². The second-order valence-corrected chi connectivity index (χ2v) is 9.21. The van der Waals surface area contributed by atoms with Gasteiger partial charge in [-0.2, -0.15) is 5.10 Å². The van der Waals surface area contributed by atoms with Gasteiger partial charge in [0.1, 0.15) is 5.82 Å². The fourth-order valence-corrected chi connectivity index (χ4v) is 4.55. The maximum absolute atomic E-state index is 13.3. The standard InChI is InChI=1S/C26H23ClFN7O2/c1-34-13-17(11-31-34)22-12-30-24(29)23(33-22)25(36)32-19-8-9-35(14-19)26(37)16-4-2-15(3-5-16)20-7-6-18(28)10-21(20)27/h2-7,10-13,19H,8-9,14H2,1H3,(H2,29,30)(H,32,36)/t19-/m1/s1. The monoisotopic (exact) mass is 519 g/mol. The highest BCUT2D eigenvalue weighted by atomic mass is 35.5. The van der Waals surface area contributed by atoms with Crippen molar-refractivity contribution in [1.82, 2.24) is 30.0 Å². The molecule has 188 valence electrons. The number of nitrogens with one attached hydrogen (secondary N) is 1. The van der Waals surface area contributed by atoms with E-state index in [1.54, 1.807) is 59.4 Å². The van der Waals surface area contributed by atoms with Crippen LogP contribution < -0.4 is 11.1 Å². The van der Waals surface area contributed by atoms with Crippen molar-refractivity contribution in [3.05, 3.63) is 83.2 Å². The average molecular weight is 520 g/mol. The highest BCUT2D eigenvalue weighted by Crippen LogP contribution is 2.29. The topological polar surface area (TPSA) is 119 Å². The summed E-state index contributed by atoms with van der Waals surface area (Å²) in [5, 5.41) is 7.33. The molecular formula is C26H23ClFN7O2. The van der Waals surface area contributed by atoms with E-state index in [4.69, 9.17) is 17.3 Å². The van der Waals surface area contributed by atoms with Gasteiger partial charge in [0.2, 0.25) is 0 Å². The van der Waals surface area contributed by atoms with Crippen molar-refractivity contribution < 1.29 is 14.0 Å². The molecule has 1 atom stereocenters. The maximum Gasteiger partial charge on any atom is 0.274 e. The molecule has 1 aliphatic rings. The number of rotatable bonds is 5. The third-order valence-electron chi connectivity index (χ3n) is 6.20. The Labute approximate surface area is 217 Å². The molecule has 2 aromatic carbocycles. The van der Waals surface area contributed by atoms with Crippen LogP contribution in [0, 0.1) is 5.82 Å². The van der Waals surface area contributed by atoms with Gasteiger partial charge in [0.15, 0.2) is 11.5 Å². The molecule has 1 saturated heterocycles. The number of aromatic nitrogens is 4. The molecule has 1 aliphatic heterocycles. The minimum atomic E-state index is -0.449. The molecule has 2 amide bonds. The quantitative estimate of drug-likeness (QED) is 0.416. The van der Waals surface area contributed by atoms with E-state index in [1.807, 2.05) is 0 Å². The van der Waals surface area contributed by atoms with Gasteiger partial charge in [0.05, 0.1) is 23.1 Å². The van der Waals surface area contributed by atoms with Gasteiger partial charge in [-0.25, -0.2) is 14.4 Å². The molecule has 1 fully saturated rings. The van der Waals surface area contributed by atoms with Crippen molar-refractivity contribution in [2.75, 3.05) is 18.8 Å². The minimum Gasteiger partial charge on any atom is -0.382 e. The van der Waals surface area contributed by atoms with E-state index in [2.05, 4.69) is 20.4 Å². The van der Waals surface area contributed by atoms with Gasteiger partial charge < -0.3 is 16.0 Å². The van der Waals surface area contributed by atoms with Gasteiger partial charge in [-0.05, 0) is 42.3 Å². The van der Waals surface area contributed by atoms with E-state index in [-0.39, 0.29) is 23.5 Å². The van der Waals surface area contributed by atoms with E-state index in [1.165, 1.54) is 18.3 Å². The normalized spacial score (nSPS) is 15.1. The first kappa shape index (κ1) is 24.4. The van der Waals surface area contributed by atoms with Gasteiger partial charge >= 0.3 is 0 Å². The van der Waals surface area contributed by atoms with Crippen molar-refractivity contribution in [2.24, 2.45) is 7.05 Å². The molecule has 0 aliphatic carbocycles. The number of nitrogen functional groups attached to an aromatic ring is 1. The number of carbonyl (C=O) groups is 2. The Morgan fingerprint density at radius 2 is 1.92 bits per heavy atom. The summed E-state index contributed by atoms with van der Waals surface area (Å²) < 4.78 is 15.0. The summed E-state index contributed by atoms with van der Waals surface area (Å²) in [6.07, 6.45) is 5.48. The van der Waals surface area contributed by atoms with Crippen LogP contribution in [0.5, 0.6) is 0 Å². The van der Waals surface area contributed by atoms with Crippen molar-refractivity contribution in [3.63, 3.8) is 0 Å². The summed E-state index contributed by atoms with van der Waals surface area (Å²) in [7, 11) is 1.78.